The summed E-state index contributed by atoms with van der Waals surface area (Å²) in [5, 5.41) is 22.3. The van der Waals surface area contributed by atoms with Crippen LogP contribution >= 0.6 is 0 Å². The van der Waals surface area contributed by atoms with E-state index in [4.69, 9.17) is 0 Å². The lowest BCUT2D eigenvalue weighted by molar-refractivity contribution is -0.387. The third kappa shape index (κ3) is 3.77. The van der Waals surface area contributed by atoms with Crippen molar-refractivity contribution < 1.29 is 26.7 Å². The van der Waals surface area contributed by atoms with Crippen LogP contribution < -0.4 is 0 Å². The molecular weight excluding hydrogens is 440 g/mol. The summed E-state index contributed by atoms with van der Waals surface area (Å²) < 4.78 is 53.2. The topological polar surface area (TPSA) is 161 Å². The van der Waals surface area contributed by atoms with Gasteiger partial charge in [-0.3, -0.25) is 20.2 Å². The number of hydrogen-bond acceptors (Lipinski definition) is 8. The molecule has 0 aliphatic carbocycles. The number of nitro groups is 2. The van der Waals surface area contributed by atoms with Gasteiger partial charge in [-0.1, -0.05) is 18.2 Å². The molecule has 1 aliphatic rings. The molecule has 2 aromatic rings. The largest absolute Gasteiger partial charge is 0.289 e. The Morgan fingerprint density at radius 3 is 2.00 bits per heavy atom. The van der Waals surface area contributed by atoms with Crippen LogP contribution in [0, 0.1) is 27.2 Å². The first-order valence-corrected chi connectivity index (χ1v) is 11.3. The molecule has 1 saturated heterocycles. The molecule has 0 atom stereocenters. The van der Waals surface area contributed by atoms with Gasteiger partial charge < -0.3 is 0 Å². The van der Waals surface area contributed by atoms with E-state index in [0.29, 0.717) is 0 Å². The van der Waals surface area contributed by atoms with Crippen LogP contribution in [0.15, 0.2) is 52.3 Å². The van der Waals surface area contributed by atoms with Crippen molar-refractivity contribution in [3.63, 3.8) is 0 Å². The first-order chi connectivity index (χ1) is 14.0. The molecule has 1 aliphatic heterocycles. The van der Waals surface area contributed by atoms with Crippen molar-refractivity contribution in [2.45, 2.75) is 16.7 Å². The fourth-order valence-corrected chi connectivity index (χ4v) is 6.03. The SMILES string of the molecule is Cc1ccc(S(=O)(=O)N2CCN(S(=O)(=O)c3ccccc3[N+](=O)[O-])C2)cc1[N+](=O)[O-]. The van der Waals surface area contributed by atoms with Crippen LogP contribution in [0.3, 0.4) is 0 Å². The van der Waals surface area contributed by atoms with E-state index in [0.717, 1.165) is 26.8 Å². The van der Waals surface area contributed by atoms with Gasteiger partial charge in [-0.2, -0.15) is 8.61 Å². The van der Waals surface area contributed by atoms with E-state index >= 15 is 0 Å². The number of sulfonamides is 2. The van der Waals surface area contributed by atoms with Gasteiger partial charge in [0.05, 0.1) is 21.4 Å². The summed E-state index contributed by atoms with van der Waals surface area (Å²) in [5.74, 6) is 0. The third-order valence-electron chi connectivity index (χ3n) is 4.61. The van der Waals surface area contributed by atoms with E-state index in [1.54, 1.807) is 0 Å². The molecule has 0 N–H and O–H groups in total. The van der Waals surface area contributed by atoms with Gasteiger partial charge in [-0.05, 0) is 19.1 Å². The highest BCUT2D eigenvalue weighted by molar-refractivity contribution is 7.90. The number of nitrogens with zero attached hydrogens (tertiary/aromatic N) is 4. The Labute approximate surface area is 171 Å². The van der Waals surface area contributed by atoms with Crippen LogP contribution in [0.5, 0.6) is 0 Å². The van der Waals surface area contributed by atoms with Gasteiger partial charge in [-0.15, -0.1) is 0 Å². The maximum atomic E-state index is 12.9. The van der Waals surface area contributed by atoms with E-state index < -0.39 is 47.1 Å². The van der Waals surface area contributed by atoms with Crippen LogP contribution in [0.1, 0.15) is 5.56 Å². The molecule has 30 heavy (non-hydrogen) atoms. The average Bonchev–Trinajstić information content (AvgIpc) is 3.20. The zero-order valence-electron chi connectivity index (χ0n) is 15.5. The molecule has 1 heterocycles. The Morgan fingerprint density at radius 2 is 1.40 bits per heavy atom. The molecule has 0 unspecified atom stereocenters. The molecule has 3 rings (SSSR count). The molecule has 12 nitrogen and oxygen atoms in total. The average molecular weight is 456 g/mol. The number of hydrogen-bond donors (Lipinski definition) is 0. The monoisotopic (exact) mass is 456 g/mol. The van der Waals surface area contributed by atoms with Gasteiger partial charge in [-0.25, -0.2) is 16.8 Å². The summed E-state index contributed by atoms with van der Waals surface area (Å²) in [6.07, 6.45) is 0. The van der Waals surface area contributed by atoms with Crippen LogP contribution in [-0.2, 0) is 20.0 Å². The summed E-state index contributed by atoms with van der Waals surface area (Å²) in [7, 11) is -8.57. The second-order valence-corrected chi connectivity index (χ2v) is 10.3. The first-order valence-electron chi connectivity index (χ1n) is 8.45. The van der Waals surface area contributed by atoms with E-state index in [9.17, 15) is 37.1 Å². The van der Waals surface area contributed by atoms with Crippen molar-refractivity contribution in [1.82, 2.24) is 8.61 Å². The molecule has 0 spiro atoms. The fraction of sp³-hybridized carbons (Fsp3) is 0.250. The van der Waals surface area contributed by atoms with E-state index in [2.05, 4.69) is 0 Å². The minimum Gasteiger partial charge on any atom is -0.258 e. The highest BCUT2D eigenvalue weighted by Gasteiger charge is 2.40. The molecule has 14 heteroatoms. The molecular formula is C16H16N4O8S2. The van der Waals surface area contributed by atoms with Gasteiger partial charge in [0.15, 0.2) is 4.90 Å². The second-order valence-electron chi connectivity index (χ2n) is 6.43. The third-order valence-corrected chi connectivity index (χ3v) is 8.32. The molecule has 160 valence electrons. The summed E-state index contributed by atoms with van der Waals surface area (Å²) in [5.41, 5.74) is -0.714. The number of aryl methyl sites for hydroxylation is 1. The molecule has 0 amide bonds. The van der Waals surface area contributed by atoms with Crippen molar-refractivity contribution in [3.8, 4) is 0 Å². The Kier molecular flexibility index (Phi) is 5.60. The number of para-hydroxylation sites is 1. The number of rotatable bonds is 6. The Hall–Kier alpha value is -2.94. The normalized spacial score (nSPS) is 15.9. The first kappa shape index (κ1) is 21.8. The van der Waals surface area contributed by atoms with Crippen molar-refractivity contribution in [1.29, 1.82) is 0 Å². The van der Waals surface area contributed by atoms with Gasteiger partial charge in [0.25, 0.3) is 21.4 Å². The number of benzene rings is 2. The van der Waals surface area contributed by atoms with E-state index in [1.807, 2.05) is 0 Å². The van der Waals surface area contributed by atoms with Crippen LogP contribution in [0.25, 0.3) is 0 Å². The van der Waals surface area contributed by atoms with Gasteiger partial charge in [0, 0.05) is 30.8 Å². The Balaban J connectivity index is 1.92. The standard InChI is InChI=1S/C16H16N4O8S2/c1-12-6-7-13(10-15(12)20(23)24)29(25,26)17-8-9-18(11-17)30(27,28)16-5-3-2-4-14(16)19(21)22/h2-7,10H,8-9,11H2,1H3. The molecule has 1 fully saturated rings. The predicted octanol–water partition coefficient (Wildman–Crippen LogP) is 1.46. The van der Waals surface area contributed by atoms with Crippen molar-refractivity contribution in [2.24, 2.45) is 0 Å². The molecule has 0 saturated carbocycles. The minimum absolute atomic E-state index is 0.204. The van der Waals surface area contributed by atoms with E-state index in [-0.39, 0.29) is 29.2 Å². The van der Waals surface area contributed by atoms with Crippen LogP contribution in [-0.4, -0.2) is 55.1 Å². The Bertz CT molecular complexity index is 1240. The van der Waals surface area contributed by atoms with Crippen molar-refractivity contribution in [2.75, 3.05) is 19.8 Å². The van der Waals surface area contributed by atoms with Gasteiger partial charge >= 0.3 is 0 Å². The van der Waals surface area contributed by atoms with Crippen molar-refractivity contribution >= 4 is 31.4 Å². The zero-order chi connectivity index (χ0) is 22.3. The van der Waals surface area contributed by atoms with E-state index in [1.165, 1.54) is 31.2 Å². The lowest BCUT2D eigenvalue weighted by Gasteiger charge is -2.18. The Morgan fingerprint density at radius 1 is 0.833 bits per heavy atom. The number of nitro benzene ring substituents is 2. The lowest BCUT2D eigenvalue weighted by atomic mass is 10.2. The smallest absolute Gasteiger partial charge is 0.258 e. The maximum absolute atomic E-state index is 12.9. The van der Waals surface area contributed by atoms with Crippen LogP contribution in [0.2, 0.25) is 0 Å². The lowest BCUT2D eigenvalue weighted by Crippen LogP contribution is -2.34. The fourth-order valence-electron chi connectivity index (χ4n) is 2.99. The summed E-state index contributed by atoms with van der Waals surface area (Å²) >= 11 is 0. The quantitative estimate of drug-likeness (QED) is 0.466. The van der Waals surface area contributed by atoms with Crippen LogP contribution in [0.4, 0.5) is 11.4 Å². The highest BCUT2D eigenvalue weighted by Crippen LogP contribution is 2.30. The molecule has 0 radical (unpaired) electrons. The van der Waals surface area contributed by atoms with Gasteiger partial charge in [0.2, 0.25) is 10.0 Å². The molecule has 0 bridgehead atoms. The summed E-state index contributed by atoms with van der Waals surface area (Å²) in [6.45, 7) is 0.468. The van der Waals surface area contributed by atoms with Gasteiger partial charge in [0.1, 0.15) is 0 Å². The summed E-state index contributed by atoms with van der Waals surface area (Å²) in [6, 6.07) is 8.19. The highest BCUT2D eigenvalue weighted by atomic mass is 32.2. The predicted molar refractivity (Wildman–Crippen MR) is 104 cm³/mol. The molecule has 0 aromatic heterocycles. The second kappa shape index (κ2) is 7.71. The zero-order valence-corrected chi connectivity index (χ0v) is 17.2. The maximum Gasteiger partial charge on any atom is 0.289 e. The minimum atomic E-state index is -4.34. The van der Waals surface area contributed by atoms with Crippen molar-refractivity contribution in [3.05, 3.63) is 68.3 Å². The molecule has 2 aromatic carbocycles. The summed E-state index contributed by atoms with van der Waals surface area (Å²) in [4.78, 5) is 19.9.